The van der Waals surface area contributed by atoms with E-state index in [-0.39, 0.29) is 5.75 Å². The third kappa shape index (κ3) is 1.71. The van der Waals surface area contributed by atoms with E-state index in [2.05, 4.69) is 4.99 Å². The van der Waals surface area contributed by atoms with Crippen molar-refractivity contribution in [3.8, 4) is 5.75 Å². The average molecular weight is 221 g/mol. The monoisotopic (exact) mass is 221 g/mol. The summed E-state index contributed by atoms with van der Waals surface area (Å²) in [5, 5.41) is 18.6. The maximum atomic E-state index is 11.0. The van der Waals surface area contributed by atoms with Crippen LogP contribution in [0.25, 0.3) is 0 Å². The van der Waals surface area contributed by atoms with Crippen molar-refractivity contribution >= 4 is 11.9 Å². The molecular weight excluding hydrogens is 210 g/mol. The SMILES string of the molecule is CC1=NC(C(=O)O)C(c2ccccc2O)O1. The molecule has 2 atom stereocenters. The molecule has 5 nitrogen and oxygen atoms in total. The highest BCUT2D eigenvalue weighted by molar-refractivity contribution is 5.84. The van der Waals surface area contributed by atoms with Crippen LogP contribution in [-0.2, 0) is 9.53 Å². The molecule has 1 aromatic carbocycles. The number of ether oxygens (including phenoxy) is 1. The lowest BCUT2D eigenvalue weighted by Crippen LogP contribution is -2.23. The molecule has 1 heterocycles. The summed E-state index contributed by atoms with van der Waals surface area (Å²) in [5.41, 5.74) is 0.440. The van der Waals surface area contributed by atoms with Crippen LogP contribution in [0.1, 0.15) is 18.6 Å². The van der Waals surface area contributed by atoms with E-state index in [1.54, 1.807) is 25.1 Å². The van der Waals surface area contributed by atoms with Crippen molar-refractivity contribution in [3.63, 3.8) is 0 Å². The molecule has 0 radical (unpaired) electrons. The van der Waals surface area contributed by atoms with Crippen molar-refractivity contribution < 1.29 is 19.7 Å². The molecule has 5 heteroatoms. The lowest BCUT2D eigenvalue weighted by Gasteiger charge is -2.15. The molecule has 0 saturated heterocycles. The number of phenolic OH excluding ortho intramolecular Hbond substituents is 1. The van der Waals surface area contributed by atoms with Gasteiger partial charge in [0.05, 0.1) is 0 Å². The van der Waals surface area contributed by atoms with E-state index in [0.717, 1.165) is 0 Å². The molecule has 84 valence electrons. The Morgan fingerprint density at radius 3 is 2.75 bits per heavy atom. The topological polar surface area (TPSA) is 79.1 Å². The molecule has 0 aromatic heterocycles. The van der Waals surface area contributed by atoms with E-state index in [0.29, 0.717) is 11.5 Å². The Kier molecular flexibility index (Phi) is 2.52. The van der Waals surface area contributed by atoms with Gasteiger partial charge in [0, 0.05) is 12.5 Å². The number of nitrogens with zero attached hydrogens (tertiary/aromatic N) is 1. The largest absolute Gasteiger partial charge is 0.508 e. The van der Waals surface area contributed by atoms with Gasteiger partial charge in [-0.25, -0.2) is 9.79 Å². The van der Waals surface area contributed by atoms with Crippen molar-refractivity contribution in [1.29, 1.82) is 0 Å². The zero-order chi connectivity index (χ0) is 11.7. The molecule has 0 bridgehead atoms. The molecule has 2 rings (SSSR count). The van der Waals surface area contributed by atoms with Crippen molar-refractivity contribution in [2.45, 2.75) is 19.1 Å². The van der Waals surface area contributed by atoms with Crippen molar-refractivity contribution in [2.24, 2.45) is 4.99 Å². The number of carbonyl (C=O) groups is 1. The molecule has 0 amide bonds. The summed E-state index contributed by atoms with van der Waals surface area (Å²) >= 11 is 0. The highest BCUT2D eigenvalue weighted by Gasteiger charge is 2.37. The summed E-state index contributed by atoms with van der Waals surface area (Å²) in [6.45, 7) is 1.59. The Labute approximate surface area is 92.0 Å². The van der Waals surface area contributed by atoms with Gasteiger partial charge in [-0.2, -0.15) is 0 Å². The second-order valence-electron chi connectivity index (χ2n) is 3.53. The summed E-state index contributed by atoms with van der Waals surface area (Å²) in [5.74, 6) is -0.727. The third-order valence-corrected chi connectivity index (χ3v) is 2.40. The van der Waals surface area contributed by atoms with E-state index in [9.17, 15) is 9.90 Å². The number of aromatic hydroxyl groups is 1. The van der Waals surface area contributed by atoms with Gasteiger partial charge in [-0.3, -0.25) is 0 Å². The van der Waals surface area contributed by atoms with Gasteiger partial charge in [-0.05, 0) is 6.07 Å². The second-order valence-corrected chi connectivity index (χ2v) is 3.53. The molecule has 1 aliphatic heterocycles. The fourth-order valence-corrected chi connectivity index (χ4v) is 1.69. The van der Waals surface area contributed by atoms with Crippen molar-refractivity contribution in [3.05, 3.63) is 29.8 Å². The maximum absolute atomic E-state index is 11.0. The van der Waals surface area contributed by atoms with Crippen LogP contribution in [0.15, 0.2) is 29.3 Å². The molecule has 0 fully saturated rings. The number of aliphatic imine (C=N–C) groups is 1. The quantitative estimate of drug-likeness (QED) is 0.789. The van der Waals surface area contributed by atoms with Crippen molar-refractivity contribution in [1.82, 2.24) is 0 Å². The van der Waals surface area contributed by atoms with E-state index in [4.69, 9.17) is 9.84 Å². The first kappa shape index (κ1) is 10.5. The van der Waals surface area contributed by atoms with Crippen LogP contribution >= 0.6 is 0 Å². The minimum atomic E-state index is -1.06. The summed E-state index contributed by atoms with van der Waals surface area (Å²) in [6.07, 6.45) is -0.751. The minimum absolute atomic E-state index is 0.0173. The van der Waals surface area contributed by atoms with Gasteiger partial charge in [-0.15, -0.1) is 0 Å². The van der Waals surface area contributed by atoms with Gasteiger partial charge in [0.25, 0.3) is 0 Å². The van der Waals surface area contributed by atoms with E-state index in [1.165, 1.54) is 6.07 Å². The number of rotatable bonds is 2. The Hall–Kier alpha value is -2.04. The standard InChI is InChI=1S/C11H11NO4/c1-6-12-9(11(14)15)10(16-6)7-4-2-3-5-8(7)13/h2-5,9-10,13H,1H3,(H,14,15). The molecule has 1 aromatic rings. The molecule has 16 heavy (non-hydrogen) atoms. The lowest BCUT2D eigenvalue weighted by atomic mass is 10.0. The summed E-state index contributed by atoms with van der Waals surface area (Å²) in [7, 11) is 0. The highest BCUT2D eigenvalue weighted by atomic mass is 16.5. The molecule has 2 N–H and O–H groups in total. The molecule has 0 saturated carbocycles. The fourth-order valence-electron chi connectivity index (χ4n) is 1.69. The number of para-hydroxylation sites is 1. The van der Waals surface area contributed by atoms with Gasteiger partial charge in [-0.1, -0.05) is 18.2 Å². The third-order valence-electron chi connectivity index (χ3n) is 2.40. The van der Waals surface area contributed by atoms with Crippen LogP contribution in [0.4, 0.5) is 0 Å². The predicted octanol–water partition coefficient (Wildman–Crippen LogP) is 1.34. The van der Waals surface area contributed by atoms with Gasteiger partial charge >= 0.3 is 5.97 Å². The average Bonchev–Trinajstić information content (AvgIpc) is 2.61. The summed E-state index contributed by atoms with van der Waals surface area (Å²) in [6, 6.07) is 5.51. The van der Waals surface area contributed by atoms with Gasteiger partial charge in [0.1, 0.15) is 5.75 Å². The predicted molar refractivity (Wildman–Crippen MR) is 56.5 cm³/mol. The molecular formula is C11H11NO4. The van der Waals surface area contributed by atoms with Crippen LogP contribution in [0.3, 0.4) is 0 Å². The Morgan fingerprint density at radius 2 is 2.12 bits per heavy atom. The number of carboxylic acid groups (broad SMARTS) is 1. The number of phenols is 1. The normalized spacial score (nSPS) is 23.7. The summed E-state index contributed by atoms with van der Waals surface area (Å²) in [4.78, 5) is 14.8. The van der Waals surface area contributed by atoms with E-state index < -0.39 is 18.1 Å². The van der Waals surface area contributed by atoms with E-state index in [1.807, 2.05) is 0 Å². The van der Waals surface area contributed by atoms with Crippen LogP contribution < -0.4 is 0 Å². The molecule has 0 aliphatic carbocycles. The zero-order valence-electron chi connectivity index (χ0n) is 8.62. The first-order valence-electron chi connectivity index (χ1n) is 4.81. The van der Waals surface area contributed by atoms with Crippen LogP contribution in [0, 0.1) is 0 Å². The smallest absolute Gasteiger partial charge is 0.332 e. The Morgan fingerprint density at radius 1 is 1.44 bits per heavy atom. The Balaban J connectivity index is 2.36. The number of hydrogen-bond donors (Lipinski definition) is 2. The fraction of sp³-hybridized carbons (Fsp3) is 0.273. The number of benzene rings is 1. The first-order chi connectivity index (χ1) is 7.59. The molecule has 1 aliphatic rings. The minimum Gasteiger partial charge on any atom is -0.508 e. The van der Waals surface area contributed by atoms with Gasteiger partial charge in [0.15, 0.2) is 18.0 Å². The second kappa shape index (κ2) is 3.84. The van der Waals surface area contributed by atoms with Crippen molar-refractivity contribution in [2.75, 3.05) is 0 Å². The van der Waals surface area contributed by atoms with Crippen LogP contribution in [-0.4, -0.2) is 28.1 Å². The Bertz CT molecular complexity index is 455. The lowest BCUT2D eigenvalue weighted by molar-refractivity contribution is -0.140. The molecule has 0 spiro atoms. The van der Waals surface area contributed by atoms with Crippen LogP contribution in [0.5, 0.6) is 5.75 Å². The zero-order valence-corrected chi connectivity index (χ0v) is 8.62. The first-order valence-corrected chi connectivity index (χ1v) is 4.81. The van der Waals surface area contributed by atoms with Gasteiger partial charge < -0.3 is 14.9 Å². The summed E-state index contributed by atoms with van der Waals surface area (Å²) < 4.78 is 5.31. The number of carboxylic acids is 1. The van der Waals surface area contributed by atoms with E-state index >= 15 is 0 Å². The number of hydrogen-bond acceptors (Lipinski definition) is 4. The maximum Gasteiger partial charge on any atom is 0.332 e. The number of aliphatic carboxylic acids is 1. The highest BCUT2D eigenvalue weighted by Crippen LogP contribution is 2.34. The van der Waals surface area contributed by atoms with Crippen LogP contribution in [0.2, 0.25) is 0 Å². The van der Waals surface area contributed by atoms with Gasteiger partial charge in [0.2, 0.25) is 0 Å². The molecule has 2 unspecified atom stereocenters.